The number of hydrogen-bond acceptors (Lipinski definition) is 6. The molecule has 0 aromatic rings. The standard InChI is InChI=1S/C26H42ClFN2O6/c1-2-34-17-3-5-18(6-4-17)35-16-24(33)30-26-11-9-25(10-12-26,14-22(26)31)29-23(32)15-36-19-7-8-20(27)21(28)13-19/h17-22,31H,2-16H2,1H3,(H,29,32)(H,30,33)/t17?,18?,19?,20?,21?,22-,25?,26?/m0/s1. The molecular formula is C26H42ClFN2O6. The third kappa shape index (κ3) is 6.90. The number of nitrogens with one attached hydrogen (secondary N) is 2. The van der Waals surface area contributed by atoms with Crippen LogP contribution in [0, 0.1) is 0 Å². The minimum atomic E-state index is -1.11. The van der Waals surface area contributed by atoms with E-state index in [1.165, 1.54) is 0 Å². The Morgan fingerprint density at radius 2 is 1.44 bits per heavy atom. The molecule has 5 saturated carbocycles. The Bertz CT molecular complexity index is 757. The minimum Gasteiger partial charge on any atom is -0.391 e. The largest absolute Gasteiger partial charge is 0.391 e. The van der Waals surface area contributed by atoms with Gasteiger partial charge in [-0.1, -0.05) is 0 Å². The van der Waals surface area contributed by atoms with Gasteiger partial charge >= 0.3 is 0 Å². The summed E-state index contributed by atoms with van der Waals surface area (Å²) in [5.74, 6) is -0.456. The smallest absolute Gasteiger partial charge is 0.246 e. The summed E-state index contributed by atoms with van der Waals surface area (Å²) in [6, 6.07) is 0. The highest BCUT2D eigenvalue weighted by molar-refractivity contribution is 6.21. The molecule has 10 heteroatoms. The van der Waals surface area contributed by atoms with E-state index in [9.17, 15) is 19.1 Å². The molecule has 0 spiro atoms. The number of amides is 2. The molecule has 5 aliphatic rings. The van der Waals surface area contributed by atoms with Crippen molar-refractivity contribution in [3.8, 4) is 0 Å². The molecule has 36 heavy (non-hydrogen) atoms. The number of carbonyl (C=O) groups is 2. The van der Waals surface area contributed by atoms with Crippen molar-refractivity contribution < 1.29 is 33.3 Å². The number of alkyl halides is 2. The molecule has 0 aromatic heterocycles. The van der Waals surface area contributed by atoms with Gasteiger partial charge in [0.05, 0.1) is 35.3 Å². The van der Waals surface area contributed by atoms with Gasteiger partial charge in [-0.3, -0.25) is 9.59 Å². The summed E-state index contributed by atoms with van der Waals surface area (Å²) in [4.78, 5) is 25.3. The maximum Gasteiger partial charge on any atom is 0.246 e. The molecule has 2 bridgehead atoms. The molecule has 206 valence electrons. The molecule has 8 nitrogen and oxygen atoms in total. The van der Waals surface area contributed by atoms with Crippen LogP contribution >= 0.6 is 11.6 Å². The van der Waals surface area contributed by atoms with E-state index >= 15 is 0 Å². The van der Waals surface area contributed by atoms with Gasteiger partial charge in [0.2, 0.25) is 11.8 Å². The highest BCUT2D eigenvalue weighted by Crippen LogP contribution is 2.47. The molecule has 5 rings (SSSR count). The highest BCUT2D eigenvalue weighted by atomic mass is 35.5. The second-order valence-electron chi connectivity index (χ2n) is 11.2. The molecule has 0 radical (unpaired) electrons. The van der Waals surface area contributed by atoms with E-state index in [4.69, 9.17) is 25.8 Å². The van der Waals surface area contributed by atoms with Crippen molar-refractivity contribution in [1.29, 1.82) is 0 Å². The zero-order valence-corrected chi connectivity index (χ0v) is 22.1. The van der Waals surface area contributed by atoms with Crippen molar-refractivity contribution in [2.24, 2.45) is 0 Å². The second kappa shape index (κ2) is 12.2. The van der Waals surface area contributed by atoms with E-state index in [2.05, 4.69) is 10.6 Å². The van der Waals surface area contributed by atoms with Crippen LogP contribution in [0.3, 0.4) is 0 Å². The molecule has 0 saturated heterocycles. The van der Waals surface area contributed by atoms with Crippen LogP contribution in [0.25, 0.3) is 0 Å². The maximum absolute atomic E-state index is 13.8. The van der Waals surface area contributed by atoms with E-state index in [0.29, 0.717) is 51.0 Å². The van der Waals surface area contributed by atoms with Crippen LogP contribution in [0.2, 0.25) is 0 Å². The molecule has 0 aliphatic heterocycles. The molecule has 3 N–H and O–H groups in total. The number of carbonyl (C=O) groups excluding carboxylic acids is 2. The Balaban J connectivity index is 1.18. The van der Waals surface area contributed by atoms with Gasteiger partial charge in [-0.05, 0) is 77.6 Å². The Kier molecular flexibility index (Phi) is 9.53. The number of aliphatic hydroxyl groups excluding tert-OH is 1. The highest BCUT2D eigenvalue weighted by Gasteiger charge is 2.55. The summed E-state index contributed by atoms with van der Waals surface area (Å²) < 4.78 is 31.0. The Morgan fingerprint density at radius 1 is 0.889 bits per heavy atom. The van der Waals surface area contributed by atoms with Crippen molar-refractivity contribution in [3.63, 3.8) is 0 Å². The van der Waals surface area contributed by atoms with Crippen LogP contribution < -0.4 is 10.6 Å². The molecule has 4 atom stereocenters. The van der Waals surface area contributed by atoms with Gasteiger partial charge in [0.1, 0.15) is 19.4 Å². The number of rotatable bonds is 10. The number of aliphatic hydroxyl groups is 1. The van der Waals surface area contributed by atoms with Crippen molar-refractivity contribution >= 4 is 23.4 Å². The summed E-state index contributed by atoms with van der Waals surface area (Å²) in [5, 5.41) is 16.6. The summed E-state index contributed by atoms with van der Waals surface area (Å²) in [5.41, 5.74) is -1.18. The van der Waals surface area contributed by atoms with Gasteiger partial charge in [-0.15, -0.1) is 11.6 Å². The van der Waals surface area contributed by atoms with Gasteiger partial charge in [0.15, 0.2) is 0 Å². The van der Waals surface area contributed by atoms with Gasteiger partial charge in [0, 0.05) is 18.6 Å². The SMILES string of the molecule is CCOC1CCC(OCC(=O)NC23CCC(NC(=O)COC4CCC(Cl)C(F)C4)(CC2)C[C@@H]3O)CC1. The first-order chi connectivity index (χ1) is 17.2. The van der Waals surface area contributed by atoms with Crippen LogP contribution in [0.5, 0.6) is 0 Å². The minimum absolute atomic E-state index is 0.0109. The average molecular weight is 533 g/mol. The summed E-state index contributed by atoms with van der Waals surface area (Å²) in [6.45, 7) is 2.58. The van der Waals surface area contributed by atoms with E-state index in [0.717, 1.165) is 32.3 Å². The Labute approximate surface area is 218 Å². The van der Waals surface area contributed by atoms with Gasteiger partial charge < -0.3 is 30.0 Å². The van der Waals surface area contributed by atoms with Crippen LogP contribution in [0.15, 0.2) is 0 Å². The number of halogens is 2. The first-order valence-corrected chi connectivity index (χ1v) is 14.1. The molecule has 2 amide bonds. The summed E-state index contributed by atoms with van der Waals surface area (Å²) >= 11 is 5.92. The van der Waals surface area contributed by atoms with Gasteiger partial charge in [-0.2, -0.15) is 0 Å². The van der Waals surface area contributed by atoms with Crippen molar-refractivity contribution in [1.82, 2.24) is 10.6 Å². The van der Waals surface area contributed by atoms with Crippen LogP contribution in [0.4, 0.5) is 4.39 Å². The topological polar surface area (TPSA) is 106 Å². The zero-order valence-electron chi connectivity index (χ0n) is 21.3. The first-order valence-electron chi connectivity index (χ1n) is 13.7. The normalized spacial score (nSPS) is 40.6. The molecule has 3 unspecified atom stereocenters. The fraction of sp³-hybridized carbons (Fsp3) is 0.923. The molecular weight excluding hydrogens is 491 g/mol. The van der Waals surface area contributed by atoms with Crippen LogP contribution in [-0.4, -0.2) is 83.8 Å². The monoisotopic (exact) mass is 532 g/mol. The first kappa shape index (κ1) is 28.0. The molecule has 0 heterocycles. The Morgan fingerprint density at radius 3 is 2.03 bits per heavy atom. The predicted molar refractivity (Wildman–Crippen MR) is 133 cm³/mol. The predicted octanol–water partition coefficient (Wildman–Crippen LogP) is 2.91. The lowest BCUT2D eigenvalue weighted by Gasteiger charge is -2.56. The van der Waals surface area contributed by atoms with E-state index in [-0.39, 0.29) is 43.7 Å². The fourth-order valence-corrected chi connectivity index (χ4v) is 6.72. The number of ether oxygens (including phenoxy) is 3. The van der Waals surface area contributed by atoms with E-state index in [1.54, 1.807) is 0 Å². The van der Waals surface area contributed by atoms with Crippen molar-refractivity contribution in [2.45, 2.75) is 131 Å². The third-order valence-corrected chi connectivity index (χ3v) is 9.17. The average Bonchev–Trinajstić information content (AvgIpc) is 2.86. The quantitative estimate of drug-likeness (QED) is 0.374. The zero-order chi connectivity index (χ0) is 25.8. The second-order valence-corrected chi connectivity index (χ2v) is 11.8. The van der Waals surface area contributed by atoms with E-state index < -0.39 is 28.7 Å². The van der Waals surface area contributed by atoms with Crippen molar-refractivity contribution in [2.75, 3.05) is 19.8 Å². The molecule has 5 aliphatic carbocycles. The summed E-state index contributed by atoms with van der Waals surface area (Å²) in [7, 11) is 0. The number of hydrogen-bond donors (Lipinski definition) is 3. The van der Waals surface area contributed by atoms with Crippen LogP contribution in [0.1, 0.15) is 84.0 Å². The summed E-state index contributed by atoms with van der Waals surface area (Å²) in [6.07, 6.45) is 6.17. The van der Waals surface area contributed by atoms with E-state index in [1.807, 2.05) is 6.92 Å². The fourth-order valence-electron chi connectivity index (χ4n) is 6.49. The lowest BCUT2D eigenvalue weighted by Crippen LogP contribution is -2.70. The van der Waals surface area contributed by atoms with Crippen molar-refractivity contribution in [3.05, 3.63) is 0 Å². The number of fused-ring (bicyclic) bond motifs is 3. The van der Waals surface area contributed by atoms with Gasteiger partial charge in [0.25, 0.3) is 0 Å². The Hall–Kier alpha value is -1.00. The van der Waals surface area contributed by atoms with Crippen LogP contribution in [-0.2, 0) is 23.8 Å². The maximum atomic E-state index is 13.8. The lowest BCUT2D eigenvalue weighted by molar-refractivity contribution is -0.142. The third-order valence-electron chi connectivity index (χ3n) is 8.68. The lowest BCUT2D eigenvalue weighted by atomic mass is 9.60. The van der Waals surface area contributed by atoms with Gasteiger partial charge in [-0.25, -0.2) is 4.39 Å². The molecule has 0 aromatic carbocycles. The molecule has 5 fully saturated rings.